The van der Waals surface area contributed by atoms with Crippen LogP contribution in [0.1, 0.15) is 45.7 Å². The molecule has 4 aromatic rings. The van der Waals surface area contributed by atoms with Gasteiger partial charge in [-0.2, -0.15) is 0 Å². The number of halogens is 2. The van der Waals surface area contributed by atoms with Gasteiger partial charge in [0.05, 0.1) is 27.5 Å². The number of benzene rings is 3. The minimum absolute atomic E-state index is 0. The number of hydrogen-bond donors (Lipinski definition) is 0. The van der Waals surface area contributed by atoms with E-state index in [9.17, 15) is 14.3 Å². The van der Waals surface area contributed by atoms with Crippen LogP contribution in [0.3, 0.4) is 0 Å². The first-order valence-electron chi connectivity index (χ1n) is 11.1. The Bertz CT molecular complexity index is 1520. The zero-order valence-electron chi connectivity index (χ0n) is 19.7. The van der Waals surface area contributed by atoms with Crippen LogP contribution in [0, 0.1) is 5.82 Å². The Morgan fingerprint density at radius 1 is 1.03 bits per heavy atom. The van der Waals surface area contributed by atoms with Gasteiger partial charge in [0, 0.05) is 10.6 Å². The van der Waals surface area contributed by atoms with Crippen LogP contribution in [0.15, 0.2) is 66.7 Å². The third-order valence-corrected chi connectivity index (χ3v) is 7.66. The SMILES string of the molecule is CC(SC1c2ccccc2C=Cc2ccc(/C=C/c3ccc4cc(F)c(Cl)cc4n3)cc21)C(=O)[O-].[Na+]. The van der Waals surface area contributed by atoms with Gasteiger partial charge in [0.2, 0.25) is 0 Å². The first-order chi connectivity index (χ1) is 16.9. The number of carboxylic acid groups (broad SMARTS) is 1. The number of fused-ring (bicyclic) bond motifs is 3. The Morgan fingerprint density at radius 2 is 1.78 bits per heavy atom. The van der Waals surface area contributed by atoms with Crippen LogP contribution in [-0.4, -0.2) is 16.2 Å². The molecule has 0 fully saturated rings. The number of thioether (sulfide) groups is 1. The van der Waals surface area contributed by atoms with Crippen molar-refractivity contribution in [3.05, 3.63) is 111 Å². The standard InChI is InChI=1S/C29H21ClFNO2S.Na/c1-17(29(33)34)35-28-23-5-3-2-4-19(23)9-10-20-8-6-18(14-24(20)28)7-12-22-13-11-21-15-26(31)25(30)16-27(21)32-22;/h2-17,28H,1H3,(H,33,34);/q;+1/p-1/b12-7+;. The topological polar surface area (TPSA) is 53.0 Å². The van der Waals surface area contributed by atoms with Crippen molar-refractivity contribution in [1.82, 2.24) is 4.98 Å². The molecule has 3 aromatic carbocycles. The summed E-state index contributed by atoms with van der Waals surface area (Å²) in [5.74, 6) is -1.55. The third-order valence-electron chi connectivity index (χ3n) is 5.99. The van der Waals surface area contributed by atoms with Crippen molar-refractivity contribution in [2.24, 2.45) is 0 Å². The van der Waals surface area contributed by atoms with Crippen LogP contribution in [0.5, 0.6) is 0 Å². The Labute approximate surface area is 240 Å². The maximum absolute atomic E-state index is 13.7. The van der Waals surface area contributed by atoms with E-state index in [0.717, 1.165) is 33.5 Å². The maximum atomic E-state index is 13.7. The summed E-state index contributed by atoms with van der Waals surface area (Å²) < 4.78 is 13.7. The van der Waals surface area contributed by atoms with E-state index in [4.69, 9.17) is 11.6 Å². The molecule has 0 aliphatic heterocycles. The van der Waals surface area contributed by atoms with E-state index in [1.807, 2.05) is 60.7 Å². The Hall–Kier alpha value is -2.41. The predicted octanol–water partition coefficient (Wildman–Crippen LogP) is 3.65. The fourth-order valence-corrected chi connectivity index (χ4v) is 5.53. The minimum Gasteiger partial charge on any atom is -0.549 e. The molecule has 0 saturated heterocycles. The average molecular weight is 524 g/mol. The Kier molecular flexibility index (Phi) is 8.38. The van der Waals surface area contributed by atoms with E-state index >= 15 is 0 Å². The van der Waals surface area contributed by atoms with Crippen molar-refractivity contribution in [1.29, 1.82) is 0 Å². The van der Waals surface area contributed by atoms with Gasteiger partial charge in [0.15, 0.2) is 0 Å². The second-order valence-corrected chi connectivity index (χ2v) is 10.2. The molecule has 0 amide bonds. The van der Waals surface area contributed by atoms with Crippen LogP contribution in [0.2, 0.25) is 5.02 Å². The van der Waals surface area contributed by atoms with E-state index in [2.05, 4.69) is 23.2 Å². The van der Waals surface area contributed by atoms with E-state index in [1.165, 1.54) is 23.9 Å². The van der Waals surface area contributed by atoms with Crippen LogP contribution in [-0.2, 0) is 4.79 Å². The molecule has 174 valence electrons. The molecular weight excluding hydrogens is 504 g/mol. The molecule has 0 saturated carbocycles. The molecule has 1 aliphatic rings. The zero-order valence-corrected chi connectivity index (χ0v) is 23.3. The van der Waals surface area contributed by atoms with Gasteiger partial charge in [-0.15, -0.1) is 11.8 Å². The van der Waals surface area contributed by atoms with Crippen LogP contribution in [0.4, 0.5) is 4.39 Å². The molecule has 2 atom stereocenters. The van der Waals surface area contributed by atoms with Gasteiger partial charge in [-0.05, 0) is 65.1 Å². The molecule has 1 aliphatic carbocycles. The number of carbonyl (C=O) groups is 1. The van der Waals surface area contributed by atoms with Gasteiger partial charge in [-0.3, -0.25) is 0 Å². The smallest absolute Gasteiger partial charge is 0.549 e. The van der Waals surface area contributed by atoms with Gasteiger partial charge in [0.25, 0.3) is 0 Å². The molecule has 0 radical (unpaired) electrons. The molecule has 1 heterocycles. The number of nitrogens with zero attached hydrogens (tertiary/aromatic N) is 1. The number of rotatable bonds is 5. The van der Waals surface area contributed by atoms with Crippen LogP contribution in [0.25, 0.3) is 35.2 Å². The fraction of sp³-hybridized carbons (Fsp3) is 0.103. The molecule has 7 heteroatoms. The third kappa shape index (κ3) is 5.61. The number of carbonyl (C=O) groups excluding carboxylic acids is 1. The van der Waals surface area contributed by atoms with E-state index in [0.29, 0.717) is 10.9 Å². The van der Waals surface area contributed by atoms with Gasteiger partial charge in [0.1, 0.15) is 5.82 Å². The molecule has 36 heavy (non-hydrogen) atoms. The summed E-state index contributed by atoms with van der Waals surface area (Å²) in [7, 11) is 0. The van der Waals surface area contributed by atoms with Crippen LogP contribution < -0.4 is 34.7 Å². The van der Waals surface area contributed by atoms with Crippen molar-refractivity contribution < 1.29 is 43.8 Å². The van der Waals surface area contributed by atoms with Crippen molar-refractivity contribution in [2.45, 2.75) is 17.4 Å². The summed E-state index contributed by atoms with van der Waals surface area (Å²) in [6.45, 7) is 1.66. The molecular formula is C29H20ClFNNaO2S. The molecule has 5 rings (SSSR count). The summed E-state index contributed by atoms with van der Waals surface area (Å²) in [6.07, 6.45) is 8.00. The fourth-order valence-electron chi connectivity index (χ4n) is 4.14. The van der Waals surface area contributed by atoms with Gasteiger partial charge in [-0.1, -0.05) is 72.3 Å². The monoisotopic (exact) mass is 523 g/mol. The number of carboxylic acids is 1. The van der Waals surface area contributed by atoms with Crippen molar-refractivity contribution >= 4 is 64.5 Å². The summed E-state index contributed by atoms with van der Waals surface area (Å²) in [5.41, 5.74) is 6.53. The second-order valence-electron chi connectivity index (χ2n) is 8.36. The molecule has 2 unspecified atom stereocenters. The van der Waals surface area contributed by atoms with Crippen molar-refractivity contribution in [2.75, 3.05) is 0 Å². The average Bonchev–Trinajstić information content (AvgIpc) is 3.00. The van der Waals surface area contributed by atoms with Crippen molar-refractivity contribution in [3.8, 4) is 0 Å². The first kappa shape index (κ1) is 26.6. The quantitative estimate of drug-likeness (QED) is 0.375. The predicted molar refractivity (Wildman–Crippen MR) is 141 cm³/mol. The molecule has 0 spiro atoms. The molecule has 3 nitrogen and oxygen atoms in total. The molecule has 0 N–H and O–H groups in total. The second kappa shape index (κ2) is 11.3. The summed E-state index contributed by atoms with van der Waals surface area (Å²) in [6, 6.07) is 20.7. The Balaban J connectivity index is 0.00000304. The maximum Gasteiger partial charge on any atom is 1.00 e. The summed E-state index contributed by atoms with van der Waals surface area (Å²) >= 11 is 7.29. The molecule has 0 bridgehead atoms. The number of aliphatic carboxylic acids is 1. The van der Waals surface area contributed by atoms with Gasteiger partial charge in [-0.25, -0.2) is 9.37 Å². The number of hydrogen-bond acceptors (Lipinski definition) is 4. The Morgan fingerprint density at radius 3 is 2.56 bits per heavy atom. The number of pyridine rings is 1. The first-order valence-corrected chi connectivity index (χ1v) is 12.4. The van der Waals surface area contributed by atoms with Gasteiger partial charge < -0.3 is 9.90 Å². The normalized spacial score (nSPS) is 15.1. The van der Waals surface area contributed by atoms with Gasteiger partial charge >= 0.3 is 29.6 Å². The van der Waals surface area contributed by atoms with Crippen LogP contribution >= 0.6 is 23.4 Å². The van der Waals surface area contributed by atoms with E-state index in [-0.39, 0.29) is 39.8 Å². The zero-order chi connectivity index (χ0) is 24.5. The largest absolute Gasteiger partial charge is 1.00 e. The minimum atomic E-state index is -1.08. The van der Waals surface area contributed by atoms with E-state index in [1.54, 1.807) is 6.92 Å². The van der Waals surface area contributed by atoms with E-state index < -0.39 is 17.0 Å². The summed E-state index contributed by atoms with van der Waals surface area (Å²) in [5, 5.41) is 11.4. The van der Waals surface area contributed by atoms with Crippen molar-refractivity contribution in [3.63, 3.8) is 0 Å². The number of aromatic nitrogens is 1. The summed E-state index contributed by atoms with van der Waals surface area (Å²) in [4.78, 5) is 16.1. The molecule has 1 aromatic heterocycles.